The van der Waals surface area contributed by atoms with Crippen LogP contribution < -0.4 is 5.56 Å². The predicted molar refractivity (Wildman–Crippen MR) is 80.5 cm³/mol. The summed E-state index contributed by atoms with van der Waals surface area (Å²) in [5.74, 6) is -0.294. The second kappa shape index (κ2) is 5.99. The summed E-state index contributed by atoms with van der Waals surface area (Å²) in [6, 6.07) is 1.73. The molecule has 2 heterocycles. The Morgan fingerprint density at radius 3 is 2.71 bits per heavy atom. The lowest BCUT2D eigenvalue weighted by atomic mass is 10.1. The number of β-amino-alcohol motifs (C(OH)–C–C–N with tert-alkyl or cyclic N) is 1. The Morgan fingerprint density at radius 1 is 1.48 bits per heavy atom. The molecule has 6 heteroatoms. The van der Waals surface area contributed by atoms with Gasteiger partial charge in [0.25, 0.3) is 11.5 Å². The minimum Gasteiger partial charge on any atom is -0.391 e. The number of H-pyrrole nitrogens is 1. The van der Waals surface area contributed by atoms with Crippen LogP contribution in [0.3, 0.4) is 0 Å². The summed E-state index contributed by atoms with van der Waals surface area (Å²) in [7, 11) is 3.86. The van der Waals surface area contributed by atoms with Crippen LogP contribution in [0.25, 0.3) is 0 Å². The van der Waals surface area contributed by atoms with E-state index < -0.39 is 6.10 Å². The third-order valence-electron chi connectivity index (χ3n) is 3.81. The molecule has 0 aromatic carbocycles. The van der Waals surface area contributed by atoms with Crippen molar-refractivity contribution in [3.05, 3.63) is 33.2 Å². The Kier molecular flexibility index (Phi) is 4.49. The third-order valence-corrected chi connectivity index (χ3v) is 3.81. The van der Waals surface area contributed by atoms with Crippen molar-refractivity contribution in [3.8, 4) is 0 Å². The van der Waals surface area contributed by atoms with E-state index in [9.17, 15) is 14.7 Å². The summed E-state index contributed by atoms with van der Waals surface area (Å²) in [5.41, 5.74) is 1.23. The molecule has 1 aromatic heterocycles. The lowest BCUT2D eigenvalue weighted by Gasteiger charge is -2.27. The topological polar surface area (TPSA) is 76.6 Å². The Hall–Kier alpha value is -1.66. The maximum absolute atomic E-state index is 12.7. The minimum absolute atomic E-state index is 0.0670. The molecule has 0 aliphatic carbocycles. The Labute approximate surface area is 124 Å². The fraction of sp³-hybridized carbons (Fsp3) is 0.600. The van der Waals surface area contributed by atoms with Crippen molar-refractivity contribution in [2.75, 3.05) is 27.2 Å². The van der Waals surface area contributed by atoms with Gasteiger partial charge in [0, 0.05) is 24.8 Å². The molecule has 2 rings (SSSR count). The van der Waals surface area contributed by atoms with Crippen LogP contribution in [-0.4, -0.2) is 65.1 Å². The van der Waals surface area contributed by atoms with Crippen molar-refractivity contribution < 1.29 is 9.90 Å². The zero-order chi connectivity index (χ0) is 15.7. The maximum atomic E-state index is 12.7. The number of likely N-dealkylation sites (N-methyl/N-ethyl adjacent to an activating group) is 1. The highest BCUT2D eigenvalue weighted by Crippen LogP contribution is 2.21. The molecule has 2 N–H and O–H groups in total. The van der Waals surface area contributed by atoms with Crippen LogP contribution in [0.5, 0.6) is 0 Å². The Morgan fingerprint density at radius 2 is 2.14 bits per heavy atom. The number of aromatic nitrogens is 1. The van der Waals surface area contributed by atoms with Crippen molar-refractivity contribution in [1.82, 2.24) is 14.8 Å². The van der Waals surface area contributed by atoms with Crippen LogP contribution >= 0.6 is 0 Å². The molecule has 0 saturated carbocycles. The summed E-state index contributed by atoms with van der Waals surface area (Å²) in [6.45, 7) is 4.51. The largest absolute Gasteiger partial charge is 0.391 e. The molecular formula is C15H23N3O3. The van der Waals surface area contributed by atoms with E-state index in [2.05, 4.69) is 4.98 Å². The SMILES string of the molecule is Cc1cc(C)c(C(=O)N2CC(O)CC2CN(C)C)c(=O)[nH]1. The second-order valence-electron chi connectivity index (χ2n) is 6.10. The van der Waals surface area contributed by atoms with Gasteiger partial charge in [0.05, 0.1) is 6.10 Å². The normalized spacial score (nSPS) is 22.1. The van der Waals surface area contributed by atoms with E-state index >= 15 is 0 Å². The molecule has 1 aromatic rings. The quantitative estimate of drug-likeness (QED) is 0.830. The molecule has 1 fully saturated rings. The van der Waals surface area contributed by atoms with Crippen LogP contribution in [0.1, 0.15) is 28.0 Å². The fourth-order valence-corrected chi connectivity index (χ4v) is 3.00. The van der Waals surface area contributed by atoms with Gasteiger partial charge < -0.3 is 19.9 Å². The Balaban J connectivity index is 2.32. The van der Waals surface area contributed by atoms with Gasteiger partial charge in [-0.2, -0.15) is 0 Å². The first-order chi connectivity index (χ1) is 9.79. The van der Waals surface area contributed by atoms with E-state index in [1.54, 1.807) is 24.8 Å². The van der Waals surface area contributed by atoms with Crippen LogP contribution in [0.4, 0.5) is 0 Å². The number of hydrogen-bond donors (Lipinski definition) is 2. The fourth-order valence-electron chi connectivity index (χ4n) is 3.00. The first kappa shape index (κ1) is 15.7. The monoisotopic (exact) mass is 293 g/mol. The Bertz CT molecular complexity index is 594. The van der Waals surface area contributed by atoms with Crippen molar-refractivity contribution in [3.63, 3.8) is 0 Å². The molecule has 1 aliphatic rings. The molecular weight excluding hydrogens is 270 g/mol. The molecule has 2 atom stereocenters. The summed E-state index contributed by atoms with van der Waals surface area (Å²) in [5, 5.41) is 9.86. The number of pyridine rings is 1. The third kappa shape index (κ3) is 3.33. The van der Waals surface area contributed by atoms with E-state index in [0.29, 0.717) is 18.5 Å². The van der Waals surface area contributed by atoms with Gasteiger partial charge in [0.1, 0.15) is 5.56 Å². The number of amides is 1. The molecule has 1 amide bonds. The first-order valence-corrected chi connectivity index (χ1v) is 7.14. The summed E-state index contributed by atoms with van der Waals surface area (Å²) in [6.07, 6.45) is 0.0240. The average Bonchev–Trinajstić information content (AvgIpc) is 2.67. The zero-order valence-corrected chi connectivity index (χ0v) is 13.0. The standard InChI is InChI=1S/C15H23N3O3/c1-9-5-10(2)16-14(20)13(9)15(21)18-8-12(19)6-11(18)7-17(3)4/h5,11-12,19H,6-8H2,1-4H3,(H,16,20). The maximum Gasteiger partial charge on any atom is 0.261 e. The molecule has 21 heavy (non-hydrogen) atoms. The highest BCUT2D eigenvalue weighted by Gasteiger charge is 2.36. The minimum atomic E-state index is -0.524. The van der Waals surface area contributed by atoms with E-state index in [1.807, 2.05) is 19.0 Å². The summed E-state index contributed by atoms with van der Waals surface area (Å²) < 4.78 is 0. The number of carbonyl (C=O) groups excluding carboxylic acids is 1. The highest BCUT2D eigenvalue weighted by molar-refractivity contribution is 5.95. The smallest absolute Gasteiger partial charge is 0.261 e. The van der Waals surface area contributed by atoms with E-state index in [4.69, 9.17) is 0 Å². The van der Waals surface area contributed by atoms with Crippen molar-refractivity contribution >= 4 is 5.91 Å². The number of hydrogen-bond acceptors (Lipinski definition) is 4. The van der Waals surface area contributed by atoms with Gasteiger partial charge in [-0.15, -0.1) is 0 Å². The number of aliphatic hydroxyl groups is 1. The number of aryl methyl sites for hydroxylation is 2. The molecule has 0 spiro atoms. The van der Waals surface area contributed by atoms with E-state index in [0.717, 1.165) is 5.69 Å². The van der Waals surface area contributed by atoms with Gasteiger partial charge in [0.2, 0.25) is 0 Å². The van der Waals surface area contributed by atoms with E-state index in [-0.39, 0.29) is 29.6 Å². The van der Waals surface area contributed by atoms with Gasteiger partial charge in [-0.25, -0.2) is 0 Å². The molecule has 0 radical (unpaired) electrons. The molecule has 116 valence electrons. The van der Waals surface area contributed by atoms with Gasteiger partial charge >= 0.3 is 0 Å². The van der Waals surface area contributed by atoms with Crippen LogP contribution in [0.15, 0.2) is 10.9 Å². The number of nitrogens with one attached hydrogen (secondary N) is 1. The van der Waals surface area contributed by atoms with Crippen molar-refractivity contribution in [1.29, 1.82) is 0 Å². The highest BCUT2D eigenvalue weighted by atomic mass is 16.3. The molecule has 1 aliphatic heterocycles. The van der Waals surface area contributed by atoms with Crippen LogP contribution in [-0.2, 0) is 0 Å². The lowest BCUT2D eigenvalue weighted by Crippen LogP contribution is -2.43. The molecule has 2 unspecified atom stereocenters. The number of carbonyl (C=O) groups is 1. The average molecular weight is 293 g/mol. The van der Waals surface area contributed by atoms with Gasteiger partial charge in [0.15, 0.2) is 0 Å². The number of aromatic amines is 1. The summed E-state index contributed by atoms with van der Waals surface area (Å²) in [4.78, 5) is 31.1. The summed E-state index contributed by atoms with van der Waals surface area (Å²) >= 11 is 0. The van der Waals surface area contributed by atoms with Crippen LogP contribution in [0.2, 0.25) is 0 Å². The molecule has 1 saturated heterocycles. The predicted octanol–water partition coefficient (Wildman–Crippen LogP) is 0.129. The number of nitrogens with zero attached hydrogens (tertiary/aromatic N) is 2. The first-order valence-electron chi connectivity index (χ1n) is 7.14. The number of aliphatic hydroxyl groups excluding tert-OH is 1. The number of likely N-dealkylation sites (tertiary alicyclic amines) is 1. The molecule has 6 nitrogen and oxygen atoms in total. The van der Waals surface area contributed by atoms with Crippen LogP contribution in [0, 0.1) is 13.8 Å². The number of rotatable bonds is 3. The van der Waals surface area contributed by atoms with Crippen molar-refractivity contribution in [2.24, 2.45) is 0 Å². The van der Waals surface area contributed by atoms with E-state index in [1.165, 1.54) is 0 Å². The second-order valence-corrected chi connectivity index (χ2v) is 6.10. The van der Waals surface area contributed by atoms with Gasteiger partial charge in [-0.1, -0.05) is 0 Å². The van der Waals surface area contributed by atoms with Gasteiger partial charge in [-0.3, -0.25) is 9.59 Å². The van der Waals surface area contributed by atoms with Gasteiger partial charge in [-0.05, 0) is 46.0 Å². The lowest BCUT2D eigenvalue weighted by molar-refractivity contribution is 0.0696. The molecule has 0 bridgehead atoms. The van der Waals surface area contributed by atoms with Crippen molar-refractivity contribution in [2.45, 2.75) is 32.4 Å². The zero-order valence-electron chi connectivity index (χ0n) is 13.0.